The van der Waals surface area contributed by atoms with Crippen LogP contribution in [0.3, 0.4) is 0 Å². The van der Waals surface area contributed by atoms with Gasteiger partial charge in [0.15, 0.2) is 0 Å². The van der Waals surface area contributed by atoms with Crippen LogP contribution in [0.5, 0.6) is 0 Å². The molecule has 3 nitrogen and oxygen atoms in total. The summed E-state index contributed by atoms with van der Waals surface area (Å²) in [5.41, 5.74) is 0. The Morgan fingerprint density at radius 2 is 2.00 bits per heavy atom. The Morgan fingerprint density at radius 3 is 2.61 bits per heavy atom. The molecule has 4 heteroatoms. The number of aliphatic carboxylic acids is 1. The Kier molecular flexibility index (Phi) is 5.08. The van der Waals surface area contributed by atoms with Crippen LogP contribution in [0.4, 0.5) is 0 Å². The molecule has 0 saturated heterocycles. The second-order valence-electron chi connectivity index (χ2n) is 4.57. The van der Waals surface area contributed by atoms with Gasteiger partial charge in [-0.05, 0) is 25.0 Å². The molecular weight excluding hydrogens is 246 g/mol. The van der Waals surface area contributed by atoms with Gasteiger partial charge in [0.1, 0.15) is 0 Å². The Labute approximate surface area is 112 Å². The van der Waals surface area contributed by atoms with E-state index in [1.807, 2.05) is 30.0 Å². The maximum Gasteiger partial charge on any atom is 0.304 e. The first kappa shape index (κ1) is 13.4. The molecule has 1 N–H and O–H groups in total. The smallest absolute Gasteiger partial charge is 0.304 e. The van der Waals surface area contributed by atoms with Crippen LogP contribution in [0.1, 0.15) is 19.3 Å². The van der Waals surface area contributed by atoms with Gasteiger partial charge in [-0.15, -0.1) is 11.8 Å². The van der Waals surface area contributed by atoms with E-state index in [2.05, 4.69) is 17.0 Å². The van der Waals surface area contributed by atoms with Crippen molar-refractivity contribution in [3.8, 4) is 0 Å². The molecule has 1 aromatic carbocycles. The lowest BCUT2D eigenvalue weighted by atomic mass is 10.3. The average Bonchev–Trinajstić information content (AvgIpc) is 3.19. The molecule has 18 heavy (non-hydrogen) atoms. The van der Waals surface area contributed by atoms with Crippen LogP contribution >= 0.6 is 11.8 Å². The van der Waals surface area contributed by atoms with Crippen LogP contribution in [0, 0.1) is 0 Å². The lowest BCUT2D eigenvalue weighted by Crippen LogP contribution is -2.30. The molecule has 0 atom stereocenters. The average molecular weight is 265 g/mol. The highest BCUT2D eigenvalue weighted by Gasteiger charge is 2.28. The molecule has 1 aliphatic carbocycles. The zero-order valence-corrected chi connectivity index (χ0v) is 11.2. The summed E-state index contributed by atoms with van der Waals surface area (Å²) in [6.45, 7) is 1.67. The fourth-order valence-electron chi connectivity index (χ4n) is 1.95. The number of thioether (sulfide) groups is 1. The predicted octanol–water partition coefficient (Wildman–Crippen LogP) is 2.72. The molecule has 0 bridgehead atoms. The third-order valence-electron chi connectivity index (χ3n) is 3.07. The zero-order chi connectivity index (χ0) is 12.8. The molecule has 0 amide bonds. The number of carbonyl (C=O) groups is 1. The van der Waals surface area contributed by atoms with E-state index in [9.17, 15) is 4.79 Å². The Bertz CT molecular complexity index is 379. The number of carboxylic acid groups (broad SMARTS) is 1. The molecule has 1 aliphatic rings. The van der Waals surface area contributed by atoms with Crippen molar-refractivity contribution in [3.63, 3.8) is 0 Å². The minimum absolute atomic E-state index is 0.256. The van der Waals surface area contributed by atoms with Gasteiger partial charge in [0, 0.05) is 29.8 Å². The van der Waals surface area contributed by atoms with Gasteiger partial charge in [-0.3, -0.25) is 9.69 Å². The van der Waals surface area contributed by atoms with E-state index in [0.717, 1.165) is 12.3 Å². The summed E-state index contributed by atoms with van der Waals surface area (Å²) in [5, 5.41) is 8.74. The van der Waals surface area contributed by atoms with Crippen LogP contribution in [0.2, 0.25) is 0 Å². The van der Waals surface area contributed by atoms with Crippen LogP contribution in [-0.2, 0) is 4.79 Å². The Morgan fingerprint density at radius 1 is 1.28 bits per heavy atom. The molecular formula is C14H19NO2S. The van der Waals surface area contributed by atoms with E-state index in [-0.39, 0.29) is 6.42 Å². The van der Waals surface area contributed by atoms with Crippen molar-refractivity contribution >= 4 is 17.7 Å². The second-order valence-corrected chi connectivity index (χ2v) is 5.74. The quantitative estimate of drug-likeness (QED) is 0.734. The largest absolute Gasteiger partial charge is 0.481 e. The van der Waals surface area contributed by atoms with Crippen LogP contribution in [0.15, 0.2) is 35.2 Å². The van der Waals surface area contributed by atoms with E-state index < -0.39 is 5.97 Å². The van der Waals surface area contributed by atoms with E-state index in [0.29, 0.717) is 12.6 Å². The first-order valence-electron chi connectivity index (χ1n) is 6.39. The number of nitrogens with zero attached hydrogens (tertiary/aromatic N) is 1. The summed E-state index contributed by atoms with van der Waals surface area (Å²) in [6, 6.07) is 11.0. The van der Waals surface area contributed by atoms with Crippen LogP contribution in [0.25, 0.3) is 0 Å². The molecule has 0 aliphatic heterocycles. The number of hydrogen-bond donors (Lipinski definition) is 1. The lowest BCUT2D eigenvalue weighted by molar-refractivity contribution is -0.137. The molecule has 0 radical (unpaired) electrons. The van der Waals surface area contributed by atoms with Crippen molar-refractivity contribution in [2.45, 2.75) is 30.2 Å². The molecule has 98 valence electrons. The van der Waals surface area contributed by atoms with Gasteiger partial charge in [0.2, 0.25) is 0 Å². The van der Waals surface area contributed by atoms with Crippen molar-refractivity contribution in [1.82, 2.24) is 4.90 Å². The van der Waals surface area contributed by atoms with E-state index in [1.54, 1.807) is 0 Å². The van der Waals surface area contributed by atoms with Gasteiger partial charge in [-0.2, -0.15) is 0 Å². The first-order valence-corrected chi connectivity index (χ1v) is 7.38. The van der Waals surface area contributed by atoms with Crippen molar-refractivity contribution in [2.24, 2.45) is 0 Å². The number of rotatable bonds is 8. The fourth-order valence-corrected chi connectivity index (χ4v) is 2.86. The third kappa shape index (κ3) is 4.70. The molecule has 0 unspecified atom stereocenters. The van der Waals surface area contributed by atoms with Crippen molar-refractivity contribution in [3.05, 3.63) is 30.3 Å². The summed E-state index contributed by atoms with van der Waals surface area (Å²) in [5.74, 6) is 0.330. The van der Waals surface area contributed by atoms with Crippen molar-refractivity contribution in [2.75, 3.05) is 18.8 Å². The van der Waals surface area contributed by atoms with E-state index in [1.165, 1.54) is 17.7 Å². The van der Waals surface area contributed by atoms with Crippen molar-refractivity contribution in [1.29, 1.82) is 0 Å². The topological polar surface area (TPSA) is 40.5 Å². The SMILES string of the molecule is O=C(O)CCN(CCSc1ccccc1)C1CC1. The predicted molar refractivity (Wildman–Crippen MR) is 74.0 cm³/mol. The summed E-state index contributed by atoms with van der Waals surface area (Å²) >= 11 is 1.84. The fraction of sp³-hybridized carbons (Fsp3) is 0.500. The maximum atomic E-state index is 10.6. The zero-order valence-electron chi connectivity index (χ0n) is 10.4. The summed E-state index contributed by atoms with van der Waals surface area (Å²) < 4.78 is 0. The Hall–Kier alpha value is -1.00. The van der Waals surface area contributed by atoms with Crippen LogP contribution in [-0.4, -0.2) is 40.9 Å². The summed E-state index contributed by atoms with van der Waals surface area (Å²) in [6.07, 6.45) is 2.72. The number of hydrogen-bond acceptors (Lipinski definition) is 3. The Balaban J connectivity index is 1.71. The van der Waals surface area contributed by atoms with Gasteiger partial charge in [0.05, 0.1) is 6.42 Å². The van der Waals surface area contributed by atoms with Crippen LogP contribution < -0.4 is 0 Å². The van der Waals surface area contributed by atoms with Gasteiger partial charge in [-0.1, -0.05) is 18.2 Å². The highest BCUT2D eigenvalue weighted by Crippen LogP contribution is 2.27. The minimum Gasteiger partial charge on any atom is -0.481 e. The summed E-state index contributed by atoms with van der Waals surface area (Å²) in [4.78, 5) is 14.2. The monoisotopic (exact) mass is 265 g/mol. The van der Waals surface area contributed by atoms with E-state index in [4.69, 9.17) is 5.11 Å². The number of benzene rings is 1. The molecule has 0 heterocycles. The van der Waals surface area contributed by atoms with Gasteiger partial charge in [-0.25, -0.2) is 0 Å². The molecule has 1 saturated carbocycles. The van der Waals surface area contributed by atoms with Gasteiger partial charge in [0.25, 0.3) is 0 Å². The van der Waals surface area contributed by atoms with Gasteiger partial charge >= 0.3 is 5.97 Å². The summed E-state index contributed by atoms with van der Waals surface area (Å²) in [7, 11) is 0. The number of carboxylic acids is 1. The van der Waals surface area contributed by atoms with Crippen molar-refractivity contribution < 1.29 is 9.90 Å². The standard InChI is InChI=1S/C14H19NO2S/c16-14(17)8-9-15(12-6-7-12)10-11-18-13-4-2-1-3-5-13/h1-5,12H,6-11H2,(H,16,17). The maximum absolute atomic E-state index is 10.6. The molecule has 1 aromatic rings. The highest BCUT2D eigenvalue weighted by atomic mass is 32.2. The first-order chi connectivity index (χ1) is 8.75. The molecule has 1 fully saturated rings. The highest BCUT2D eigenvalue weighted by molar-refractivity contribution is 7.99. The van der Waals surface area contributed by atoms with E-state index >= 15 is 0 Å². The van der Waals surface area contributed by atoms with Gasteiger partial charge < -0.3 is 5.11 Å². The molecule has 2 rings (SSSR count). The molecule has 0 spiro atoms. The second kappa shape index (κ2) is 6.81. The molecule has 0 aromatic heterocycles. The lowest BCUT2D eigenvalue weighted by Gasteiger charge is -2.20. The minimum atomic E-state index is -0.698. The normalized spacial score (nSPS) is 14.9. The third-order valence-corrected chi connectivity index (χ3v) is 4.06.